The van der Waals surface area contributed by atoms with E-state index in [-0.39, 0.29) is 0 Å². The monoisotopic (exact) mass is 164 g/mol. The third kappa shape index (κ3) is 3.56. The van der Waals surface area contributed by atoms with Gasteiger partial charge in [0.25, 0.3) is 0 Å². The van der Waals surface area contributed by atoms with Gasteiger partial charge in [0.1, 0.15) is 0 Å². The molecule has 0 aromatic heterocycles. The maximum atomic E-state index is 3.91. The van der Waals surface area contributed by atoms with Crippen molar-refractivity contribution in [2.24, 2.45) is 5.92 Å². The first-order valence-corrected chi connectivity index (χ1v) is 4.49. The van der Waals surface area contributed by atoms with Gasteiger partial charge in [-0.15, -0.1) is 0 Å². The van der Waals surface area contributed by atoms with Crippen LogP contribution in [0.2, 0.25) is 0 Å². The Bertz CT molecular complexity index is 214. The third-order valence-corrected chi connectivity index (χ3v) is 2.06. The Morgan fingerprint density at radius 3 is 2.00 bits per heavy atom. The van der Waals surface area contributed by atoms with Crippen molar-refractivity contribution in [3.05, 3.63) is 35.5 Å². The average molecular weight is 164 g/mol. The van der Waals surface area contributed by atoms with Gasteiger partial charge in [0.05, 0.1) is 0 Å². The van der Waals surface area contributed by atoms with Gasteiger partial charge in [0.15, 0.2) is 0 Å². The van der Waals surface area contributed by atoms with E-state index in [1.807, 2.05) is 6.92 Å². The van der Waals surface area contributed by atoms with E-state index < -0.39 is 0 Å². The van der Waals surface area contributed by atoms with Crippen molar-refractivity contribution in [2.45, 2.75) is 34.6 Å². The zero-order valence-corrected chi connectivity index (χ0v) is 8.94. The molecule has 0 aliphatic rings. The van der Waals surface area contributed by atoms with Crippen LogP contribution < -0.4 is 0 Å². The number of rotatable bonds is 3. The molecule has 0 saturated heterocycles. The van der Waals surface area contributed by atoms with Crippen molar-refractivity contribution in [3.8, 4) is 0 Å². The summed E-state index contributed by atoms with van der Waals surface area (Å²) >= 11 is 0. The summed E-state index contributed by atoms with van der Waals surface area (Å²) in [7, 11) is 0. The normalized spacial score (nSPS) is 13.8. The van der Waals surface area contributed by atoms with Crippen LogP contribution >= 0.6 is 0 Å². The summed E-state index contributed by atoms with van der Waals surface area (Å²) < 4.78 is 0. The van der Waals surface area contributed by atoms with Crippen LogP contribution in [0.15, 0.2) is 35.5 Å². The van der Waals surface area contributed by atoms with Crippen LogP contribution in [-0.2, 0) is 0 Å². The first kappa shape index (κ1) is 11.2. The van der Waals surface area contributed by atoms with E-state index in [0.29, 0.717) is 5.92 Å². The van der Waals surface area contributed by atoms with Crippen LogP contribution in [0.1, 0.15) is 34.6 Å². The largest absolute Gasteiger partial charge is 0.0958 e. The lowest BCUT2D eigenvalue weighted by molar-refractivity contribution is 0.788. The third-order valence-electron chi connectivity index (χ3n) is 2.06. The SMILES string of the molecule is C=C(C)/C(C)=C\C(=C/C)C(C)C. The fourth-order valence-electron chi connectivity index (χ4n) is 0.957. The lowest BCUT2D eigenvalue weighted by atomic mass is 9.99. The Kier molecular flexibility index (Phi) is 4.65. The summed E-state index contributed by atoms with van der Waals surface area (Å²) in [6.45, 7) is 14.5. The second-order valence-electron chi connectivity index (χ2n) is 3.55. The summed E-state index contributed by atoms with van der Waals surface area (Å²) in [5, 5.41) is 0. The first-order chi connectivity index (χ1) is 5.49. The van der Waals surface area contributed by atoms with Crippen molar-refractivity contribution < 1.29 is 0 Å². The van der Waals surface area contributed by atoms with E-state index in [0.717, 1.165) is 5.57 Å². The second-order valence-corrected chi connectivity index (χ2v) is 3.55. The lowest BCUT2D eigenvalue weighted by Gasteiger charge is -2.07. The lowest BCUT2D eigenvalue weighted by Crippen LogP contribution is -1.91. The Hall–Kier alpha value is -0.780. The highest BCUT2D eigenvalue weighted by atomic mass is 14.0. The molecule has 12 heavy (non-hydrogen) atoms. The number of hydrogen-bond acceptors (Lipinski definition) is 0. The van der Waals surface area contributed by atoms with Gasteiger partial charge in [0, 0.05) is 0 Å². The van der Waals surface area contributed by atoms with Crippen LogP contribution in [0.25, 0.3) is 0 Å². The van der Waals surface area contributed by atoms with Gasteiger partial charge in [0.2, 0.25) is 0 Å². The quantitative estimate of drug-likeness (QED) is 0.551. The van der Waals surface area contributed by atoms with E-state index in [1.165, 1.54) is 11.1 Å². The maximum Gasteiger partial charge on any atom is -0.0222 e. The molecule has 0 aromatic carbocycles. The smallest absolute Gasteiger partial charge is 0.0222 e. The predicted octanol–water partition coefficient (Wildman–Crippen LogP) is 4.11. The Morgan fingerprint density at radius 1 is 1.25 bits per heavy atom. The van der Waals surface area contributed by atoms with Crippen molar-refractivity contribution in [1.82, 2.24) is 0 Å². The summed E-state index contributed by atoms with van der Waals surface area (Å²) in [4.78, 5) is 0. The van der Waals surface area contributed by atoms with Crippen LogP contribution in [-0.4, -0.2) is 0 Å². The Labute approximate surface area is 76.7 Å². The molecule has 0 aliphatic carbocycles. The van der Waals surface area contributed by atoms with E-state index in [9.17, 15) is 0 Å². The molecule has 0 rings (SSSR count). The molecule has 0 saturated carbocycles. The van der Waals surface area contributed by atoms with Gasteiger partial charge in [-0.05, 0) is 37.8 Å². The molecule has 0 heteroatoms. The van der Waals surface area contributed by atoms with Crippen LogP contribution in [0.3, 0.4) is 0 Å². The summed E-state index contributed by atoms with van der Waals surface area (Å²) in [6.07, 6.45) is 4.38. The van der Waals surface area contributed by atoms with E-state index in [1.54, 1.807) is 0 Å². The molecule has 0 aromatic rings. The minimum absolute atomic E-state index is 0.601. The molecule has 0 atom stereocenters. The zero-order chi connectivity index (χ0) is 9.72. The molecule has 0 aliphatic heterocycles. The number of hydrogen-bond donors (Lipinski definition) is 0. The van der Waals surface area contributed by atoms with Crippen molar-refractivity contribution in [1.29, 1.82) is 0 Å². The minimum Gasteiger partial charge on any atom is -0.0958 e. The second kappa shape index (κ2) is 4.97. The first-order valence-electron chi connectivity index (χ1n) is 4.49. The van der Waals surface area contributed by atoms with Gasteiger partial charge < -0.3 is 0 Å². The minimum atomic E-state index is 0.601. The summed E-state index contributed by atoms with van der Waals surface area (Å²) in [5.41, 5.74) is 3.81. The van der Waals surface area contributed by atoms with Gasteiger partial charge in [-0.25, -0.2) is 0 Å². The van der Waals surface area contributed by atoms with Gasteiger partial charge >= 0.3 is 0 Å². The molecular weight excluding hydrogens is 144 g/mol. The van der Waals surface area contributed by atoms with Gasteiger partial charge in [-0.1, -0.05) is 38.2 Å². The van der Waals surface area contributed by atoms with E-state index in [2.05, 4.69) is 46.4 Å². The molecule has 68 valence electrons. The average Bonchev–Trinajstić information content (AvgIpc) is 1.98. The molecule has 0 amide bonds. The fraction of sp³-hybridized carbons (Fsp3) is 0.500. The predicted molar refractivity (Wildman–Crippen MR) is 57.2 cm³/mol. The van der Waals surface area contributed by atoms with Gasteiger partial charge in [-0.2, -0.15) is 0 Å². The molecule has 0 bridgehead atoms. The molecule has 0 fully saturated rings. The topological polar surface area (TPSA) is 0 Å². The summed E-state index contributed by atoms with van der Waals surface area (Å²) in [6, 6.07) is 0. The fourth-order valence-corrected chi connectivity index (χ4v) is 0.957. The van der Waals surface area contributed by atoms with E-state index in [4.69, 9.17) is 0 Å². The zero-order valence-electron chi connectivity index (χ0n) is 8.94. The maximum absolute atomic E-state index is 3.91. The molecule has 0 nitrogen and oxygen atoms in total. The highest BCUT2D eigenvalue weighted by Crippen LogP contribution is 2.15. The molecule has 0 radical (unpaired) electrons. The number of allylic oxidation sites excluding steroid dienone is 5. The highest BCUT2D eigenvalue weighted by Gasteiger charge is 1.98. The molecule has 0 N–H and O–H groups in total. The molecular formula is C12H20. The molecule has 0 spiro atoms. The standard InChI is InChI=1S/C12H20/c1-7-12(10(4)5)8-11(6)9(2)3/h7-8,10H,2H2,1,3-6H3/b11-8-,12-7+. The van der Waals surface area contributed by atoms with Crippen LogP contribution in [0.4, 0.5) is 0 Å². The van der Waals surface area contributed by atoms with Crippen molar-refractivity contribution >= 4 is 0 Å². The Balaban J connectivity index is 4.60. The molecule has 0 heterocycles. The van der Waals surface area contributed by atoms with Crippen LogP contribution in [0, 0.1) is 5.92 Å². The van der Waals surface area contributed by atoms with E-state index >= 15 is 0 Å². The Morgan fingerprint density at radius 2 is 1.75 bits per heavy atom. The van der Waals surface area contributed by atoms with Crippen molar-refractivity contribution in [3.63, 3.8) is 0 Å². The van der Waals surface area contributed by atoms with Gasteiger partial charge in [-0.3, -0.25) is 0 Å². The summed E-state index contributed by atoms with van der Waals surface area (Å²) in [5.74, 6) is 0.601. The van der Waals surface area contributed by atoms with Crippen molar-refractivity contribution in [2.75, 3.05) is 0 Å². The molecule has 0 unspecified atom stereocenters. The highest BCUT2D eigenvalue weighted by molar-refractivity contribution is 5.33. The van der Waals surface area contributed by atoms with Crippen LogP contribution in [0.5, 0.6) is 0 Å².